The first-order chi connectivity index (χ1) is 4.70. The standard InChI is InChI=1S/C7H6NO2/c1-6-2-4-7(5-3-6)8(9)10/h2-5H,1H2/q-1. The van der Waals surface area contributed by atoms with Crippen molar-refractivity contribution in [3.8, 4) is 0 Å². The fourth-order valence-corrected chi connectivity index (χ4v) is 0.618. The number of hydrogen-bond donors (Lipinski definition) is 0. The van der Waals surface area contributed by atoms with E-state index in [0.717, 1.165) is 5.56 Å². The van der Waals surface area contributed by atoms with Crippen LogP contribution in [0.1, 0.15) is 5.56 Å². The van der Waals surface area contributed by atoms with Crippen molar-refractivity contribution in [1.82, 2.24) is 0 Å². The molecule has 0 N–H and O–H groups in total. The number of non-ortho nitro benzene ring substituents is 1. The molecular weight excluding hydrogens is 130 g/mol. The summed E-state index contributed by atoms with van der Waals surface area (Å²) in [6, 6.07) is 6.08. The van der Waals surface area contributed by atoms with Crippen LogP contribution in [-0.4, -0.2) is 4.92 Å². The second-order valence-electron chi connectivity index (χ2n) is 1.92. The summed E-state index contributed by atoms with van der Waals surface area (Å²) in [5.74, 6) is 0. The van der Waals surface area contributed by atoms with Crippen molar-refractivity contribution in [1.29, 1.82) is 0 Å². The lowest BCUT2D eigenvalue weighted by Gasteiger charge is -1.97. The average molecular weight is 136 g/mol. The molecule has 10 heavy (non-hydrogen) atoms. The molecule has 1 rings (SSSR count). The Morgan fingerprint density at radius 2 is 1.80 bits per heavy atom. The Morgan fingerprint density at radius 3 is 2.20 bits per heavy atom. The minimum absolute atomic E-state index is 0.104. The van der Waals surface area contributed by atoms with E-state index >= 15 is 0 Å². The van der Waals surface area contributed by atoms with Crippen molar-refractivity contribution in [3.63, 3.8) is 0 Å². The molecule has 0 saturated carbocycles. The molecule has 0 fully saturated rings. The Bertz CT molecular complexity index is 240. The molecule has 52 valence electrons. The van der Waals surface area contributed by atoms with E-state index in [1.165, 1.54) is 12.1 Å². The molecule has 0 heterocycles. The van der Waals surface area contributed by atoms with Crippen LogP contribution in [0.2, 0.25) is 0 Å². The van der Waals surface area contributed by atoms with Crippen LogP contribution in [0.25, 0.3) is 0 Å². The highest BCUT2D eigenvalue weighted by molar-refractivity contribution is 5.33. The third kappa shape index (κ3) is 1.25. The first-order valence-electron chi connectivity index (χ1n) is 2.76. The van der Waals surface area contributed by atoms with Crippen LogP contribution < -0.4 is 0 Å². The smallest absolute Gasteiger partial charge is 0.245 e. The van der Waals surface area contributed by atoms with E-state index in [0.29, 0.717) is 0 Å². The van der Waals surface area contributed by atoms with Gasteiger partial charge in [-0.1, -0.05) is 0 Å². The van der Waals surface area contributed by atoms with Crippen LogP contribution in [0.3, 0.4) is 0 Å². The van der Waals surface area contributed by atoms with Gasteiger partial charge in [0.25, 0.3) is 0 Å². The zero-order chi connectivity index (χ0) is 7.56. The summed E-state index contributed by atoms with van der Waals surface area (Å²) < 4.78 is 0. The van der Waals surface area contributed by atoms with Gasteiger partial charge in [-0.2, -0.15) is 24.6 Å². The van der Waals surface area contributed by atoms with Crippen molar-refractivity contribution < 1.29 is 4.92 Å². The average Bonchev–Trinajstić information content (AvgIpc) is 1.88. The summed E-state index contributed by atoms with van der Waals surface area (Å²) in [7, 11) is 0. The van der Waals surface area contributed by atoms with Crippen molar-refractivity contribution in [3.05, 3.63) is 46.9 Å². The fourth-order valence-electron chi connectivity index (χ4n) is 0.618. The SMILES string of the molecule is [CH2-]c1ccc([N+](=O)[O-])cc1. The second kappa shape index (κ2) is 2.39. The minimum Gasteiger partial charge on any atom is -0.258 e. The van der Waals surface area contributed by atoms with E-state index in [9.17, 15) is 10.1 Å². The van der Waals surface area contributed by atoms with Crippen LogP contribution in [0.15, 0.2) is 24.3 Å². The van der Waals surface area contributed by atoms with Gasteiger partial charge >= 0.3 is 0 Å². The van der Waals surface area contributed by atoms with Gasteiger partial charge in [-0.25, -0.2) is 0 Å². The van der Waals surface area contributed by atoms with E-state index in [1.54, 1.807) is 12.1 Å². The summed E-state index contributed by atoms with van der Waals surface area (Å²) in [6.45, 7) is 3.60. The normalized spacial score (nSPS) is 9.20. The van der Waals surface area contributed by atoms with Crippen LogP contribution in [0.4, 0.5) is 5.69 Å². The molecule has 0 spiro atoms. The monoisotopic (exact) mass is 136 g/mol. The molecule has 3 heteroatoms. The molecule has 0 radical (unpaired) electrons. The van der Waals surface area contributed by atoms with Crippen LogP contribution in [0, 0.1) is 17.0 Å². The van der Waals surface area contributed by atoms with Gasteiger partial charge in [0.15, 0.2) is 0 Å². The third-order valence-corrected chi connectivity index (χ3v) is 1.15. The molecule has 0 aliphatic heterocycles. The second-order valence-corrected chi connectivity index (χ2v) is 1.92. The maximum atomic E-state index is 10.1. The quantitative estimate of drug-likeness (QED) is 0.335. The van der Waals surface area contributed by atoms with Crippen molar-refractivity contribution >= 4 is 5.69 Å². The number of nitro groups is 1. The minimum atomic E-state index is -0.431. The third-order valence-electron chi connectivity index (χ3n) is 1.15. The zero-order valence-electron chi connectivity index (χ0n) is 5.28. The number of benzene rings is 1. The first kappa shape index (κ1) is 6.61. The summed E-state index contributed by atoms with van der Waals surface area (Å²) in [4.78, 5) is 9.67. The Kier molecular flexibility index (Phi) is 1.58. The predicted octanol–water partition coefficient (Wildman–Crippen LogP) is 1.78. The summed E-state index contributed by atoms with van der Waals surface area (Å²) in [5, 5.41) is 10.1. The number of nitro benzene ring substituents is 1. The fraction of sp³-hybridized carbons (Fsp3) is 0. The van der Waals surface area contributed by atoms with E-state index in [4.69, 9.17) is 0 Å². The van der Waals surface area contributed by atoms with Gasteiger partial charge in [0.2, 0.25) is 5.69 Å². The highest BCUT2D eigenvalue weighted by Gasteiger charge is 1.96. The highest BCUT2D eigenvalue weighted by atomic mass is 16.6. The van der Waals surface area contributed by atoms with Crippen LogP contribution in [0.5, 0.6) is 0 Å². The molecule has 0 amide bonds. The van der Waals surface area contributed by atoms with Crippen LogP contribution >= 0.6 is 0 Å². The molecule has 0 bridgehead atoms. The Hall–Kier alpha value is -1.51. The maximum absolute atomic E-state index is 10.1. The molecule has 0 atom stereocenters. The molecule has 1 aromatic carbocycles. The lowest BCUT2D eigenvalue weighted by atomic mass is 10.2. The Morgan fingerprint density at radius 1 is 1.30 bits per heavy atom. The molecule has 0 aliphatic carbocycles. The summed E-state index contributed by atoms with van der Waals surface area (Å²) in [5.41, 5.74) is 0.887. The van der Waals surface area contributed by atoms with Gasteiger partial charge in [0, 0.05) is 0 Å². The van der Waals surface area contributed by atoms with Gasteiger partial charge < -0.3 is 0 Å². The summed E-state index contributed by atoms with van der Waals surface area (Å²) >= 11 is 0. The molecule has 0 unspecified atom stereocenters. The molecule has 1 aromatic rings. The molecule has 0 aromatic heterocycles. The van der Waals surface area contributed by atoms with Gasteiger partial charge in [-0.3, -0.25) is 10.1 Å². The summed E-state index contributed by atoms with van der Waals surface area (Å²) in [6.07, 6.45) is 0. The lowest BCUT2D eigenvalue weighted by molar-refractivity contribution is -0.384. The van der Waals surface area contributed by atoms with E-state index < -0.39 is 4.92 Å². The van der Waals surface area contributed by atoms with Gasteiger partial charge in [0.1, 0.15) is 0 Å². The van der Waals surface area contributed by atoms with Crippen molar-refractivity contribution in [2.75, 3.05) is 0 Å². The van der Waals surface area contributed by atoms with Crippen molar-refractivity contribution in [2.45, 2.75) is 0 Å². The first-order valence-corrected chi connectivity index (χ1v) is 2.76. The molecule has 3 nitrogen and oxygen atoms in total. The molecule has 0 saturated heterocycles. The largest absolute Gasteiger partial charge is 0.258 e. The zero-order valence-corrected chi connectivity index (χ0v) is 5.28. The van der Waals surface area contributed by atoms with Gasteiger partial charge in [-0.15, -0.1) is 0 Å². The number of hydrogen-bond acceptors (Lipinski definition) is 2. The van der Waals surface area contributed by atoms with Gasteiger partial charge in [-0.05, 0) is 12.1 Å². The molecular formula is C7H6NO2-. The van der Waals surface area contributed by atoms with Crippen molar-refractivity contribution in [2.24, 2.45) is 0 Å². The molecule has 0 aliphatic rings. The topological polar surface area (TPSA) is 43.1 Å². The van der Waals surface area contributed by atoms with E-state index in [-0.39, 0.29) is 5.69 Å². The van der Waals surface area contributed by atoms with E-state index in [1.807, 2.05) is 0 Å². The Balaban J connectivity index is 3.00. The Labute approximate surface area is 58.4 Å². The van der Waals surface area contributed by atoms with Crippen LogP contribution in [-0.2, 0) is 0 Å². The number of rotatable bonds is 1. The van der Waals surface area contributed by atoms with E-state index in [2.05, 4.69) is 6.92 Å². The van der Waals surface area contributed by atoms with Gasteiger partial charge in [0.05, 0.1) is 4.92 Å². The predicted molar refractivity (Wildman–Crippen MR) is 37.6 cm³/mol. The lowest BCUT2D eigenvalue weighted by Crippen LogP contribution is -1.86. The highest BCUT2D eigenvalue weighted by Crippen LogP contribution is 2.10. The maximum Gasteiger partial charge on any atom is 0.245 e. The number of nitrogens with zero attached hydrogens (tertiary/aromatic N) is 1.